The number of Topliss-reactive ketones (excluding diaryl/α,β-unsaturated/α-hetero) is 1. The summed E-state index contributed by atoms with van der Waals surface area (Å²) in [4.78, 5) is 37.6. The zero-order chi connectivity index (χ0) is 15.0. The van der Waals surface area contributed by atoms with Crippen molar-refractivity contribution in [2.45, 2.75) is 6.92 Å². The molecule has 0 bridgehead atoms. The highest BCUT2D eigenvalue weighted by Gasteiger charge is 2.36. The molecule has 0 atom stereocenters. The number of aryl methyl sites for hydroxylation is 1. The predicted octanol–water partition coefficient (Wildman–Crippen LogP) is 2.47. The van der Waals surface area contributed by atoms with Crippen LogP contribution >= 0.6 is 0 Å². The normalized spacial score (nSPS) is 13.5. The molecule has 0 unspecified atom stereocenters. The first-order chi connectivity index (χ1) is 10.1. The summed E-state index contributed by atoms with van der Waals surface area (Å²) in [5.41, 5.74) is 2.19. The van der Waals surface area contributed by atoms with E-state index in [2.05, 4.69) is 0 Å². The van der Waals surface area contributed by atoms with Crippen molar-refractivity contribution in [3.63, 3.8) is 0 Å². The maximum atomic E-state index is 12.2. The van der Waals surface area contributed by atoms with Gasteiger partial charge in [-0.15, -0.1) is 0 Å². The van der Waals surface area contributed by atoms with Crippen molar-refractivity contribution < 1.29 is 14.4 Å². The summed E-state index contributed by atoms with van der Waals surface area (Å²) < 4.78 is 0. The molecule has 2 aromatic carbocycles. The van der Waals surface area contributed by atoms with Crippen molar-refractivity contribution >= 4 is 17.6 Å². The highest BCUT2D eigenvalue weighted by Crippen LogP contribution is 2.22. The first-order valence-electron chi connectivity index (χ1n) is 6.63. The van der Waals surface area contributed by atoms with E-state index < -0.39 is 11.8 Å². The number of imide groups is 1. The number of nitrogens with zero attached hydrogens (tertiary/aromatic N) is 1. The Bertz CT molecular complexity index is 729. The quantitative estimate of drug-likeness (QED) is 0.640. The van der Waals surface area contributed by atoms with E-state index in [0.717, 1.165) is 10.5 Å². The summed E-state index contributed by atoms with van der Waals surface area (Å²) in [6.07, 6.45) is 0. The monoisotopic (exact) mass is 279 g/mol. The summed E-state index contributed by atoms with van der Waals surface area (Å²) in [6, 6.07) is 13.7. The summed E-state index contributed by atoms with van der Waals surface area (Å²) in [5, 5.41) is 0. The molecule has 0 saturated heterocycles. The van der Waals surface area contributed by atoms with Gasteiger partial charge in [-0.2, -0.15) is 0 Å². The molecule has 0 N–H and O–H groups in total. The van der Waals surface area contributed by atoms with Crippen LogP contribution in [0.2, 0.25) is 0 Å². The van der Waals surface area contributed by atoms with Gasteiger partial charge in [-0.05, 0) is 25.1 Å². The standard InChI is InChI=1S/C17H13NO3/c1-11-5-4-6-12(9-11)15(19)10-18-16(20)13-7-2-3-8-14(13)17(18)21/h2-9H,10H2,1H3. The Balaban J connectivity index is 1.85. The van der Waals surface area contributed by atoms with Gasteiger partial charge >= 0.3 is 0 Å². The molecule has 0 aromatic heterocycles. The average Bonchev–Trinajstić information content (AvgIpc) is 2.73. The predicted molar refractivity (Wildman–Crippen MR) is 77.3 cm³/mol. The summed E-state index contributed by atoms with van der Waals surface area (Å²) in [7, 11) is 0. The molecule has 104 valence electrons. The first-order valence-corrected chi connectivity index (χ1v) is 6.63. The Morgan fingerprint density at radius 1 is 0.952 bits per heavy atom. The number of carbonyl (C=O) groups excluding carboxylic acids is 3. The lowest BCUT2D eigenvalue weighted by Gasteiger charge is -2.12. The number of amides is 2. The van der Waals surface area contributed by atoms with Crippen molar-refractivity contribution in [3.05, 3.63) is 70.8 Å². The molecule has 0 saturated carbocycles. The zero-order valence-corrected chi connectivity index (χ0v) is 11.5. The topological polar surface area (TPSA) is 54.5 Å². The molecular weight excluding hydrogens is 266 g/mol. The lowest BCUT2D eigenvalue weighted by atomic mass is 10.1. The molecular formula is C17H13NO3. The van der Waals surface area contributed by atoms with Gasteiger partial charge in [-0.1, -0.05) is 35.9 Å². The van der Waals surface area contributed by atoms with Gasteiger partial charge in [0.1, 0.15) is 0 Å². The Labute approximate surface area is 122 Å². The fraction of sp³-hybridized carbons (Fsp3) is 0.118. The van der Waals surface area contributed by atoms with Gasteiger partial charge in [0, 0.05) is 5.56 Å². The van der Waals surface area contributed by atoms with Gasteiger partial charge in [-0.3, -0.25) is 19.3 Å². The maximum Gasteiger partial charge on any atom is 0.261 e. The second kappa shape index (κ2) is 4.98. The third-order valence-electron chi connectivity index (χ3n) is 3.52. The molecule has 0 spiro atoms. The minimum atomic E-state index is -0.406. The molecule has 4 heteroatoms. The Kier molecular flexibility index (Phi) is 3.14. The highest BCUT2D eigenvalue weighted by atomic mass is 16.2. The lowest BCUT2D eigenvalue weighted by Crippen LogP contribution is -2.34. The molecule has 0 radical (unpaired) electrons. The van der Waals surface area contributed by atoms with Crippen LogP contribution in [0.25, 0.3) is 0 Å². The highest BCUT2D eigenvalue weighted by molar-refractivity contribution is 6.23. The third-order valence-corrected chi connectivity index (χ3v) is 3.52. The Morgan fingerprint density at radius 2 is 1.57 bits per heavy atom. The van der Waals surface area contributed by atoms with E-state index in [1.54, 1.807) is 42.5 Å². The van der Waals surface area contributed by atoms with Crippen LogP contribution in [0, 0.1) is 6.92 Å². The van der Waals surface area contributed by atoms with E-state index in [0.29, 0.717) is 16.7 Å². The summed E-state index contributed by atoms with van der Waals surface area (Å²) in [5.74, 6) is -1.05. The van der Waals surface area contributed by atoms with Crippen molar-refractivity contribution in [1.29, 1.82) is 0 Å². The molecule has 1 heterocycles. The molecule has 4 nitrogen and oxygen atoms in total. The molecule has 21 heavy (non-hydrogen) atoms. The van der Waals surface area contributed by atoms with Crippen LogP contribution in [0.15, 0.2) is 48.5 Å². The second-order valence-electron chi connectivity index (χ2n) is 5.03. The van der Waals surface area contributed by atoms with Gasteiger partial charge in [-0.25, -0.2) is 0 Å². The van der Waals surface area contributed by atoms with E-state index in [1.165, 1.54) is 0 Å². The van der Waals surface area contributed by atoms with Crippen LogP contribution in [-0.2, 0) is 0 Å². The van der Waals surface area contributed by atoms with E-state index in [4.69, 9.17) is 0 Å². The van der Waals surface area contributed by atoms with Crippen molar-refractivity contribution in [1.82, 2.24) is 4.90 Å². The van der Waals surface area contributed by atoms with Gasteiger partial charge in [0.25, 0.3) is 11.8 Å². The Hall–Kier alpha value is -2.75. The van der Waals surface area contributed by atoms with Crippen molar-refractivity contribution in [2.75, 3.05) is 6.54 Å². The van der Waals surface area contributed by atoms with Crippen LogP contribution in [0.5, 0.6) is 0 Å². The number of benzene rings is 2. The molecule has 2 aromatic rings. The maximum absolute atomic E-state index is 12.2. The fourth-order valence-corrected chi connectivity index (χ4v) is 2.44. The number of hydrogen-bond acceptors (Lipinski definition) is 3. The molecule has 0 aliphatic carbocycles. The minimum Gasteiger partial charge on any atom is -0.292 e. The summed E-state index contributed by atoms with van der Waals surface area (Å²) >= 11 is 0. The van der Waals surface area contributed by atoms with Gasteiger partial charge in [0.05, 0.1) is 17.7 Å². The number of fused-ring (bicyclic) bond motifs is 1. The van der Waals surface area contributed by atoms with Crippen molar-refractivity contribution in [2.24, 2.45) is 0 Å². The van der Waals surface area contributed by atoms with Crippen LogP contribution in [0.3, 0.4) is 0 Å². The fourth-order valence-electron chi connectivity index (χ4n) is 2.44. The number of rotatable bonds is 3. The number of hydrogen-bond donors (Lipinski definition) is 0. The smallest absolute Gasteiger partial charge is 0.261 e. The third kappa shape index (κ3) is 2.25. The molecule has 1 aliphatic rings. The molecule has 1 aliphatic heterocycles. The van der Waals surface area contributed by atoms with E-state index >= 15 is 0 Å². The van der Waals surface area contributed by atoms with Crippen molar-refractivity contribution in [3.8, 4) is 0 Å². The molecule has 3 rings (SSSR count). The largest absolute Gasteiger partial charge is 0.292 e. The van der Waals surface area contributed by atoms with E-state index in [-0.39, 0.29) is 12.3 Å². The summed E-state index contributed by atoms with van der Waals surface area (Å²) in [6.45, 7) is 1.66. The van der Waals surface area contributed by atoms with E-state index in [1.807, 2.05) is 13.0 Å². The minimum absolute atomic E-state index is 0.226. The molecule has 0 fully saturated rings. The van der Waals surface area contributed by atoms with E-state index in [9.17, 15) is 14.4 Å². The van der Waals surface area contributed by atoms with Gasteiger partial charge < -0.3 is 0 Å². The van der Waals surface area contributed by atoms with Crippen LogP contribution < -0.4 is 0 Å². The average molecular weight is 279 g/mol. The zero-order valence-electron chi connectivity index (χ0n) is 11.5. The molecule has 2 amide bonds. The van der Waals surface area contributed by atoms with Crippen LogP contribution in [0.1, 0.15) is 36.6 Å². The number of ketones is 1. The lowest BCUT2D eigenvalue weighted by molar-refractivity contribution is 0.0624. The van der Waals surface area contributed by atoms with Crippen LogP contribution in [-0.4, -0.2) is 29.0 Å². The number of carbonyl (C=O) groups is 3. The first kappa shape index (κ1) is 13.2. The second-order valence-corrected chi connectivity index (χ2v) is 5.03. The van der Waals surface area contributed by atoms with Gasteiger partial charge in [0.15, 0.2) is 5.78 Å². The SMILES string of the molecule is Cc1cccc(C(=O)CN2C(=O)c3ccccc3C2=O)c1. The van der Waals surface area contributed by atoms with Gasteiger partial charge in [0.2, 0.25) is 0 Å². The van der Waals surface area contributed by atoms with Crippen LogP contribution in [0.4, 0.5) is 0 Å². The Morgan fingerprint density at radius 3 is 2.14 bits per heavy atom.